The smallest absolute Gasteiger partial charge is 0.265 e. The Kier molecular flexibility index (Phi) is 3.61. The zero-order valence-electron chi connectivity index (χ0n) is 9.83. The molecule has 2 rings (SSSR count). The third-order valence-corrected chi connectivity index (χ3v) is 2.83. The van der Waals surface area contributed by atoms with Crippen molar-refractivity contribution in [2.45, 2.75) is 25.4 Å². The largest absolute Gasteiger partial charge is 0.395 e. The molecule has 1 aliphatic rings. The summed E-state index contributed by atoms with van der Waals surface area (Å²) in [5.74, 6) is -0.268. The number of rotatable bonds is 5. The summed E-state index contributed by atoms with van der Waals surface area (Å²) in [4.78, 5) is 36.1. The van der Waals surface area contributed by atoms with Crippen LogP contribution in [0.5, 0.6) is 0 Å². The summed E-state index contributed by atoms with van der Waals surface area (Å²) < 4.78 is 0.984. The van der Waals surface area contributed by atoms with Crippen LogP contribution in [0.2, 0.25) is 0 Å². The lowest BCUT2D eigenvalue weighted by Crippen LogP contribution is -2.41. The van der Waals surface area contributed by atoms with Gasteiger partial charge in [-0.15, -0.1) is 0 Å². The van der Waals surface area contributed by atoms with Crippen LogP contribution in [0.4, 0.5) is 0 Å². The van der Waals surface area contributed by atoms with Gasteiger partial charge in [0, 0.05) is 24.7 Å². The summed E-state index contributed by atoms with van der Waals surface area (Å²) in [7, 11) is 0. The molecule has 1 aromatic rings. The fourth-order valence-electron chi connectivity index (χ4n) is 1.81. The predicted octanol–water partition coefficient (Wildman–Crippen LogP) is -1.48. The van der Waals surface area contributed by atoms with E-state index in [4.69, 9.17) is 5.11 Å². The van der Waals surface area contributed by atoms with Gasteiger partial charge in [0.15, 0.2) is 0 Å². The molecule has 1 heterocycles. The van der Waals surface area contributed by atoms with Crippen molar-refractivity contribution in [2.24, 2.45) is 0 Å². The average Bonchev–Trinajstić information content (AvgIpc) is 3.14. The van der Waals surface area contributed by atoms with Crippen molar-refractivity contribution >= 4 is 5.91 Å². The van der Waals surface area contributed by atoms with E-state index in [0.717, 1.165) is 29.7 Å². The highest BCUT2D eigenvalue weighted by Crippen LogP contribution is 2.26. The molecule has 98 valence electrons. The molecular formula is C11H15N3O4. The second-order valence-corrected chi connectivity index (χ2v) is 4.28. The Morgan fingerprint density at radius 1 is 1.44 bits per heavy atom. The second kappa shape index (κ2) is 5.18. The zero-order chi connectivity index (χ0) is 13.1. The highest BCUT2D eigenvalue weighted by molar-refractivity contribution is 5.76. The molecule has 1 aliphatic carbocycles. The highest BCUT2D eigenvalue weighted by atomic mass is 16.3. The van der Waals surface area contributed by atoms with Crippen LogP contribution < -0.4 is 11.1 Å². The molecule has 1 fully saturated rings. The molecule has 7 nitrogen and oxygen atoms in total. The first-order chi connectivity index (χ1) is 8.61. The lowest BCUT2D eigenvalue weighted by Gasteiger charge is -2.21. The van der Waals surface area contributed by atoms with Gasteiger partial charge in [0.25, 0.3) is 11.1 Å². The predicted molar refractivity (Wildman–Crippen MR) is 63.1 cm³/mol. The summed E-state index contributed by atoms with van der Waals surface area (Å²) in [5.41, 5.74) is -0.856. The fourth-order valence-corrected chi connectivity index (χ4v) is 1.81. The van der Waals surface area contributed by atoms with E-state index in [2.05, 4.69) is 5.10 Å². The summed E-state index contributed by atoms with van der Waals surface area (Å²) >= 11 is 0. The van der Waals surface area contributed by atoms with Crippen molar-refractivity contribution in [3.05, 3.63) is 32.8 Å². The number of hydrogen-bond acceptors (Lipinski definition) is 4. The Bertz CT molecular complexity index is 544. The first-order valence-electron chi connectivity index (χ1n) is 5.82. The molecule has 0 saturated heterocycles. The van der Waals surface area contributed by atoms with E-state index in [1.807, 2.05) is 0 Å². The SMILES string of the molecule is O=C(Cn1[nH]c(=O)ccc1=O)N(CCO)C1CC1. The van der Waals surface area contributed by atoms with E-state index in [-0.39, 0.29) is 31.6 Å². The van der Waals surface area contributed by atoms with E-state index in [1.165, 1.54) is 0 Å². The van der Waals surface area contributed by atoms with Gasteiger partial charge < -0.3 is 10.0 Å². The number of carbonyl (C=O) groups excluding carboxylic acids is 1. The van der Waals surface area contributed by atoms with Crippen molar-refractivity contribution in [1.82, 2.24) is 14.7 Å². The molecule has 0 spiro atoms. The lowest BCUT2D eigenvalue weighted by molar-refractivity contribution is -0.133. The molecule has 1 saturated carbocycles. The normalized spacial score (nSPS) is 14.5. The van der Waals surface area contributed by atoms with Gasteiger partial charge in [-0.1, -0.05) is 0 Å². The Hall–Kier alpha value is -1.89. The van der Waals surface area contributed by atoms with Crippen LogP contribution >= 0.6 is 0 Å². The van der Waals surface area contributed by atoms with E-state index in [1.54, 1.807) is 4.90 Å². The molecule has 0 aliphatic heterocycles. The topological polar surface area (TPSA) is 95.4 Å². The molecule has 0 aromatic carbocycles. The average molecular weight is 253 g/mol. The standard InChI is InChI=1S/C11H15N3O4/c15-6-5-13(8-1-2-8)11(18)7-14-10(17)4-3-9(16)12-14/h3-4,8,15H,1-2,5-7H2,(H,12,16). The molecule has 18 heavy (non-hydrogen) atoms. The maximum absolute atomic E-state index is 12.0. The monoisotopic (exact) mass is 253 g/mol. The number of amides is 1. The van der Waals surface area contributed by atoms with Gasteiger partial charge in [-0.25, -0.2) is 4.68 Å². The Morgan fingerprint density at radius 2 is 2.17 bits per heavy atom. The van der Waals surface area contributed by atoms with Gasteiger partial charge >= 0.3 is 0 Å². The molecule has 1 amide bonds. The quantitative estimate of drug-likeness (QED) is 0.669. The maximum Gasteiger partial charge on any atom is 0.265 e. The summed E-state index contributed by atoms with van der Waals surface area (Å²) in [6, 6.07) is 2.41. The molecule has 1 aromatic heterocycles. The zero-order valence-corrected chi connectivity index (χ0v) is 9.83. The van der Waals surface area contributed by atoms with Crippen molar-refractivity contribution < 1.29 is 9.90 Å². The number of aliphatic hydroxyl groups excluding tert-OH is 1. The van der Waals surface area contributed by atoms with Crippen molar-refractivity contribution in [3.63, 3.8) is 0 Å². The summed E-state index contributed by atoms with van der Waals surface area (Å²) in [6.45, 7) is -0.0524. The Morgan fingerprint density at radius 3 is 2.78 bits per heavy atom. The molecule has 2 N–H and O–H groups in total. The minimum Gasteiger partial charge on any atom is -0.395 e. The van der Waals surface area contributed by atoms with E-state index >= 15 is 0 Å². The van der Waals surface area contributed by atoms with Gasteiger partial charge in [0.05, 0.1) is 6.61 Å². The van der Waals surface area contributed by atoms with Crippen LogP contribution in [0.15, 0.2) is 21.7 Å². The van der Waals surface area contributed by atoms with Crippen LogP contribution in [-0.2, 0) is 11.3 Å². The van der Waals surface area contributed by atoms with Crippen molar-refractivity contribution in [1.29, 1.82) is 0 Å². The molecular weight excluding hydrogens is 238 g/mol. The number of aliphatic hydroxyl groups is 1. The van der Waals surface area contributed by atoms with Crippen LogP contribution in [0, 0.1) is 0 Å². The number of carbonyl (C=O) groups is 1. The number of nitrogens with one attached hydrogen (secondary N) is 1. The van der Waals surface area contributed by atoms with Crippen LogP contribution in [0.25, 0.3) is 0 Å². The Labute approximate surface area is 103 Å². The number of nitrogens with zero attached hydrogens (tertiary/aromatic N) is 2. The summed E-state index contributed by atoms with van der Waals surface area (Å²) in [6.07, 6.45) is 1.85. The van der Waals surface area contributed by atoms with Gasteiger partial charge in [0.1, 0.15) is 6.54 Å². The van der Waals surface area contributed by atoms with Crippen LogP contribution in [0.1, 0.15) is 12.8 Å². The molecule has 0 atom stereocenters. The molecule has 0 unspecified atom stereocenters. The lowest BCUT2D eigenvalue weighted by atomic mass is 10.4. The number of aromatic amines is 1. The minimum absolute atomic E-state index is 0.109. The molecule has 7 heteroatoms. The van der Waals surface area contributed by atoms with Gasteiger partial charge in [-0.05, 0) is 12.8 Å². The third-order valence-electron chi connectivity index (χ3n) is 2.83. The second-order valence-electron chi connectivity index (χ2n) is 4.28. The number of hydrogen-bond donors (Lipinski definition) is 2. The summed E-state index contributed by atoms with van der Waals surface area (Å²) in [5, 5.41) is 11.2. The van der Waals surface area contributed by atoms with Crippen molar-refractivity contribution in [3.8, 4) is 0 Å². The van der Waals surface area contributed by atoms with Crippen LogP contribution in [0.3, 0.4) is 0 Å². The minimum atomic E-state index is -0.428. The molecule has 0 bridgehead atoms. The van der Waals surface area contributed by atoms with Gasteiger partial charge in [0.2, 0.25) is 5.91 Å². The van der Waals surface area contributed by atoms with E-state index in [0.29, 0.717) is 0 Å². The van der Waals surface area contributed by atoms with Gasteiger partial charge in [-0.2, -0.15) is 0 Å². The maximum atomic E-state index is 12.0. The number of H-pyrrole nitrogens is 1. The van der Waals surface area contributed by atoms with E-state index in [9.17, 15) is 14.4 Å². The third kappa shape index (κ3) is 2.86. The fraction of sp³-hybridized carbons (Fsp3) is 0.545. The van der Waals surface area contributed by atoms with Gasteiger partial charge in [-0.3, -0.25) is 19.5 Å². The highest BCUT2D eigenvalue weighted by Gasteiger charge is 2.32. The van der Waals surface area contributed by atoms with Crippen molar-refractivity contribution in [2.75, 3.05) is 13.2 Å². The first-order valence-corrected chi connectivity index (χ1v) is 5.82. The number of aromatic nitrogens is 2. The Balaban J connectivity index is 2.12. The van der Waals surface area contributed by atoms with E-state index < -0.39 is 11.1 Å². The van der Waals surface area contributed by atoms with Crippen LogP contribution in [-0.4, -0.2) is 44.9 Å². The first kappa shape index (κ1) is 12.6. The molecule has 0 radical (unpaired) electrons.